The molecule has 1 heterocycles. The fourth-order valence-electron chi connectivity index (χ4n) is 2.28. The first kappa shape index (κ1) is 21.0. The van der Waals surface area contributed by atoms with Crippen LogP contribution in [0.15, 0.2) is 23.1 Å². The topological polar surface area (TPSA) is 72.5 Å². The van der Waals surface area contributed by atoms with Gasteiger partial charge >= 0.3 is 5.97 Å². The normalized spacial score (nSPS) is 10.6. The Morgan fingerprint density at radius 2 is 1.96 bits per heavy atom. The van der Waals surface area contributed by atoms with E-state index in [0.717, 1.165) is 41.3 Å². The number of benzene rings is 1. The Kier molecular flexibility index (Phi) is 7.09. The molecule has 2 rings (SSSR count). The number of esters is 1. The van der Waals surface area contributed by atoms with Crippen molar-refractivity contribution in [1.82, 2.24) is 0 Å². The molecule has 1 aromatic carbocycles. The molecule has 0 saturated heterocycles. The summed E-state index contributed by atoms with van der Waals surface area (Å²) in [5, 5.41) is 2.76. The van der Waals surface area contributed by atoms with Gasteiger partial charge in [-0.2, -0.15) is 0 Å². The van der Waals surface area contributed by atoms with Crippen molar-refractivity contribution in [3.63, 3.8) is 0 Å². The Hall–Kier alpha value is -2.26. The number of amides is 1. The number of anilines is 1. The number of nitrogens with one attached hydrogen (secondary N) is 1. The number of halogens is 2. The minimum Gasteiger partial charge on any atom is -0.462 e. The maximum atomic E-state index is 13.6. The van der Waals surface area contributed by atoms with Crippen molar-refractivity contribution in [3.8, 4) is 0 Å². The molecular formula is C18H17F2NO4S2. The number of Topliss-reactive ketones (excluding diaryl/α,β-unsaturated/α-hetero) is 1. The number of carbonyl (C=O) groups is 3. The molecule has 0 spiro atoms. The summed E-state index contributed by atoms with van der Waals surface area (Å²) in [6, 6.07) is 2.97. The van der Waals surface area contributed by atoms with Gasteiger partial charge in [-0.05, 0) is 44.5 Å². The second-order valence-electron chi connectivity index (χ2n) is 5.45. The molecule has 0 atom stereocenters. The molecule has 1 aromatic heterocycles. The van der Waals surface area contributed by atoms with Crippen LogP contribution in [-0.2, 0) is 9.53 Å². The van der Waals surface area contributed by atoms with Crippen LogP contribution in [0.5, 0.6) is 0 Å². The minimum absolute atomic E-state index is 0.00236. The van der Waals surface area contributed by atoms with E-state index in [2.05, 4.69) is 5.32 Å². The summed E-state index contributed by atoms with van der Waals surface area (Å²) in [5.74, 6) is -2.84. The lowest BCUT2D eigenvalue weighted by Gasteiger charge is -2.07. The first-order valence-electron chi connectivity index (χ1n) is 7.93. The van der Waals surface area contributed by atoms with Crippen molar-refractivity contribution >= 4 is 45.8 Å². The average molecular weight is 413 g/mol. The maximum Gasteiger partial charge on any atom is 0.341 e. The van der Waals surface area contributed by atoms with E-state index in [-0.39, 0.29) is 33.6 Å². The molecule has 5 nitrogen and oxygen atoms in total. The highest BCUT2D eigenvalue weighted by atomic mass is 32.2. The van der Waals surface area contributed by atoms with Crippen LogP contribution in [-0.4, -0.2) is 30.0 Å². The lowest BCUT2D eigenvalue weighted by atomic mass is 10.1. The number of rotatable bonds is 7. The first-order valence-corrected chi connectivity index (χ1v) is 9.73. The monoisotopic (exact) mass is 413 g/mol. The number of hydrogen-bond donors (Lipinski definition) is 1. The molecule has 0 radical (unpaired) electrons. The Balaban J connectivity index is 2.19. The lowest BCUT2D eigenvalue weighted by Crippen LogP contribution is -2.16. The average Bonchev–Trinajstić information content (AvgIpc) is 2.92. The second kappa shape index (κ2) is 9.09. The van der Waals surface area contributed by atoms with Crippen LogP contribution in [0.1, 0.15) is 39.4 Å². The Morgan fingerprint density at radius 3 is 2.59 bits per heavy atom. The van der Waals surface area contributed by atoms with Gasteiger partial charge in [0.2, 0.25) is 5.91 Å². The Morgan fingerprint density at radius 1 is 1.26 bits per heavy atom. The number of thiophene rings is 1. The smallest absolute Gasteiger partial charge is 0.341 e. The van der Waals surface area contributed by atoms with E-state index in [0.29, 0.717) is 10.4 Å². The number of ketones is 1. The molecule has 2 aromatic rings. The molecule has 1 N–H and O–H groups in total. The van der Waals surface area contributed by atoms with Crippen LogP contribution in [0.4, 0.5) is 13.8 Å². The van der Waals surface area contributed by atoms with Crippen LogP contribution in [0.2, 0.25) is 0 Å². The molecule has 144 valence electrons. The highest BCUT2D eigenvalue weighted by Crippen LogP contribution is 2.34. The molecule has 1 amide bonds. The fourth-order valence-corrected chi connectivity index (χ4v) is 4.15. The third-order valence-corrected chi connectivity index (χ3v) is 5.79. The molecular weight excluding hydrogens is 396 g/mol. The molecule has 0 saturated carbocycles. The maximum absolute atomic E-state index is 13.6. The van der Waals surface area contributed by atoms with Crippen molar-refractivity contribution in [3.05, 3.63) is 45.8 Å². The standard InChI is InChI=1S/C18H17F2NO4S2/c1-4-25-18(24)15-9(2)16(10(3)22)27-17(15)21-14(23)8-26-13-7-11(19)5-6-12(13)20/h5-7H,4,8H2,1-3H3,(H,21,23). The zero-order chi connectivity index (χ0) is 20.1. The number of thioether (sulfide) groups is 1. The van der Waals surface area contributed by atoms with Crippen LogP contribution >= 0.6 is 23.1 Å². The van der Waals surface area contributed by atoms with Crippen molar-refractivity contribution in [1.29, 1.82) is 0 Å². The highest BCUT2D eigenvalue weighted by molar-refractivity contribution is 8.00. The zero-order valence-corrected chi connectivity index (χ0v) is 16.5. The molecule has 9 heteroatoms. The van der Waals surface area contributed by atoms with Crippen LogP contribution in [0, 0.1) is 18.6 Å². The van der Waals surface area contributed by atoms with Gasteiger partial charge in [-0.25, -0.2) is 13.6 Å². The van der Waals surface area contributed by atoms with Gasteiger partial charge < -0.3 is 10.1 Å². The van der Waals surface area contributed by atoms with Gasteiger partial charge in [0.05, 0.1) is 22.8 Å². The van der Waals surface area contributed by atoms with Crippen LogP contribution in [0.3, 0.4) is 0 Å². The molecule has 27 heavy (non-hydrogen) atoms. The van der Waals surface area contributed by atoms with Crippen molar-refractivity contribution in [2.24, 2.45) is 0 Å². The van der Waals surface area contributed by atoms with E-state index in [1.54, 1.807) is 13.8 Å². The van der Waals surface area contributed by atoms with E-state index < -0.39 is 23.5 Å². The SMILES string of the molecule is CCOC(=O)c1c(NC(=O)CSc2cc(F)ccc2F)sc(C(C)=O)c1C. The van der Waals surface area contributed by atoms with Crippen molar-refractivity contribution < 1.29 is 27.9 Å². The van der Waals surface area contributed by atoms with E-state index in [9.17, 15) is 23.2 Å². The van der Waals surface area contributed by atoms with Gasteiger partial charge in [0.15, 0.2) is 5.78 Å². The van der Waals surface area contributed by atoms with Gasteiger partial charge in [0.25, 0.3) is 0 Å². The number of ether oxygens (including phenoxy) is 1. The quantitative estimate of drug-likeness (QED) is 0.413. The van der Waals surface area contributed by atoms with E-state index in [4.69, 9.17) is 4.74 Å². The summed E-state index contributed by atoms with van der Waals surface area (Å²) in [6.45, 7) is 4.76. The Labute approximate surface area is 163 Å². The van der Waals surface area contributed by atoms with E-state index >= 15 is 0 Å². The van der Waals surface area contributed by atoms with Gasteiger partial charge in [0.1, 0.15) is 16.6 Å². The predicted octanol–water partition coefficient (Wildman–Crippen LogP) is 4.44. The number of carbonyl (C=O) groups excluding carboxylic acids is 3. The summed E-state index contributed by atoms with van der Waals surface area (Å²) < 4.78 is 31.8. The number of hydrogen-bond acceptors (Lipinski definition) is 6. The van der Waals surface area contributed by atoms with Crippen LogP contribution < -0.4 is 5.32 Å². The lowest BCUT2D eigenvalue weighted by molar-refractivity contribution is -0.113. The summed E-state index contributed by atoms with van der Waals surface area (Å²) in [7, 11) is 0. The van der Waals surface area contributed by atoms with Gasteiger partial charge in [0, 0.05) is 4.90 Å². The summed E-state index contributed by atoms with van der Waals surface area (Å²) in [5.41, 5.74) is 0.562. The molecule has 0 fully saturated rings. The molecule has 0 aliphatic rings. The van der Waals surface area contributed by atoms with Gasteiger partial charge in [-0.15, -0.1) is 23.1 Å². The first-order chi connectivity index (χ1) is 12.7. The minimum atomic E-state index is -0.641. The summed E-state index contributed by atoms with van der Waals surface area (Å²) in [4.78, 5) is 36.5. The summed E-state index contributed by atoms with van der Waals surface area (Å²) >= 11 is 1.80. The highest BCUT2D eigenvalue weighted by Gasteiger charge is 2.25. The molecule has 0 aliphatic carbocycles. The molecule has 0 unspecified atom stereocenters. The predicted molar refractivity (Wildman–Crippen MR) is 101 cm³/mol. The second-order valence-corrected chi connectivity index (χ2v) is 7.49. The van der Waals surface area contributed by atoms with Crippen molar-refractivity contribution in [2.75, 3.05) is 17.7 Å². The third-order valence-electron chi connectivity index (χ3n) is 3.45. The third kappa shape index (κ3) is 5.14. The largest absolute Gasteiger partial charge is 0.462 e. The van der Waals surface area contributed by atoms with Gasteiger partial charge in [-0.1, -0.05) is 0 Å². The summed E-state index contributed by atoms with van der Waals surface area (Å²) in [6.07, 6.45) is 0. The van der Waals surface area contributed by atoms with Crippen molar-refractivity contribution in [2.45, 2.75) is 25.7 Å². The fraction of sp³-hybridized carbons (Fsp3) is 0.278. The van der Waals surface area contributed by atoms with E-state index in [1.165, 1.54) is 6.92 Å². The van der Waals surface area contributed by atoms with E-state index in [1.807, 2.05) is 0 Å². The zero-order valence-electron chi connectivity index (χ0n) is 14.9. The van der Waals surface area contributed by atoms with Crippen LogP contribution in [0.25, 0.3) is 0 Å². The van der Waals surface area contributed by atoms with Gasteiger partial charge in [-0.3, -0.25) is 9.59 Å². The molecule has 0 aliphatic heterocycles. The Bertz CT molecular complexity index is 896. The molecule has 0 bridgehead atoms.